The molecule has 0 saturated heterocycles. The van der Waals surface area contributed by atoms with Gasteiger partial charge in [0, 0.05) is 11.8 Å². The fraction of sp³-hybridized carbons (Fsp3) is 0.455. The molecule has 4 nitrogen and oxygen atoms in total. The number of halogens is 5. The van der Waals surface area contributed by atoms with Crippen LogP contribution in [0.15, 0.2) is 11.0 Å². The van der Waals surface area contributed by atoms with Gasteiger partial charge in [-0.15, -0.1) is 0 Å². The number of aromatic nitrogens is 1. The van der Waals surface area contributed by atoms with E-state index in [2.05, 4.69) is 4.74 Å². The Morgan fingerprint density at radius 3 is 2.45 bits per heavy atom. The zero-order chi connectivity index (χ0) is 15.5. The summed E-state index contributed by atoms with van der Waals surface area (Å²) in [5.41, 5.74) is -5.53. The number of carbonyl (C=O) groups excluding carboxylic acids is 1. The number of alkyl halides is 5. The van der Waals surface area contributed by atoms with Crippen LogP contribution in [-0.2, 0) is 22.1 Å². The second kappa shape index (κ2) is 6.02. The molecule has 112 valence electrons. The Hall–Kier alpha value is -1.93. The van der Waals surface area contributed by atoms with Crippen LogP contribution in [0.5, 0.6) is 0 Å². The molecule has 0 atom stereocenters. The van der Waals surface area contributed by atoms with Crippen LogP contribution in [-0.4, -0.2) is 17.6 Å². The molecule has 1 aromatic rings. The number of nitrogens with one attached hydrogen (secondary N) is 1. The zero-order valence-electron chi connectivity index (χ0n) is 10.2. The lowest BCUT2D eigenvalue weighted by Crippen LogP contribution is -2.25. The van der Waals surface area contributed by atoms with E-state index in [1.54, 1.807) is 4.98 Å². The predicted molar refractivity (Wildman–Crippen MR) is 57.4 cm³/mol. The van der Waals surface area contributed by atoms with Crippen molar-refractivity contribution in [2.75, 3.05) is 6.61 Å². The molecule has 0 aromatic carbocycles. The highest BCUT2D eigenvalue weighted by molar-refractivity contribution is 5.72. The quantitative estimate of drug-likeness (QED) is 0.686. The summed E-state index contributed by atoms with van der Waals surface area (Å²) in [5, 5.41) is 0. The van der Waals surface area contributed by atoms with E-state index in [0.29, 0.717) is 6.20 Å². The molecule has 9 heteroatoms. The van der Waals surface area contributed by atoms with Gasteiger partial charge >= 0.3 is 12.1 Å². The molecule has 0 unspecified atom stereocenters. The minimum Gasteiger partial charge on any atom is -0.466 e. The van der Waals surface area contributed by atoms with Gasteiger partial charge in [0.25, 0.3) is 6.43 Å². The van der Waals surface area contributed by atoms with Gasteiger partial charge in [0.2, 0.25) is 0 Å². The Labute approximate surface area is 109 Å². The maximum Gasteiger partial charge on any atom is 0.431 e. The fourth-order valence-electron chi connectivity index (χ4n) is 1.53. The van der Waals surface area contributed by atoms with Crippen molar-refractivity contribution in [2.45, 2.75) is 25.9 Å². The molecule has 20 heavy (non-hydrogen) atoms. The monoisotopic (exact) mass is 299 g/mol. The molecule has 0 radical (unpaired) electrons. The number of carbonyl (C=O) groups is 1. The number of hydrogen-bond donors (Lipinski definition) is 1. The lowest BCUT2D eigenvalue weighted by atomic mass is 10.1. The van der Waals surface area contributed by atoms with E-state index in [4.69, 9.17) is 0 Å². The summed E-state index contributed by atoms with van der Waals surface area (Å²) in [5.74, 6) is -0.891. The third kappa shape index (κ3) is 3.55. The van der Waals surface area contributed by atoms with E-state index >= 15 is 0 Å². The number of esters is 1. The second-order valence-electron chi connectivity index (χ2n) is 3.71. The number of H-pyrrole nitrogens is 1. The van der Waals surface area contributed by atoms with Gasteiger partial charge in [-0.1, -0.05) is 0 Å². The number of ether oxygens (including phenoxy) is 1. The van der Waals surface area contributed by atoms with Crippen LogP contribution >= 0.6 is 0 Å². The van der Waals surface area contributed by atoms with E-state index in [9.17, 15) is 31.5 Å². The normalized spacial score (nSPS) is 11.8. The molecule has 0 aliphatic heterocycles. The fourth-order valence-corrected chi connectivity index (χ4v) is 1.53. The molecular weight excluding hydrogens is 289 g/mol. The largest absolute Gasteiger partial charge is 0.466 e. The van der Waals surface area contributed by atoms with Gasteiger partial charge in [-0.05, 0) is 6.92 Å². The highest BCUT2D eigenvalue weighted by atomic mass is 19.4. The van der Waals surface area contributed by atoms with Crippen molar-refractivity contribution in [3.05, 3.63) is 33.2 Å². The number of rotatable bonds is 4. The van der Waals surface area contributed by atoms with Crippen LogP contribution in [0.1, 0.15) is 30.2 Å². The molecule has 1 N–H and O–H groups in total. The van der Waals surface area contributed by atoms with Gasteiger partial charge in [0.15, 0.2) is 5.43 Å². The molecule has 0 fully saturated rings. The van der Waals surface area contributed by atoms with Crippen molar-refractivity contribution in [3.63, 3.8) is 0 Å². The van der Waals surface area contributed by atoms with Crippen LogP contribution in [0.2, 0.25) is 0 Å². The van der Waals surface area contributed by atoms with Gasteiger partial charge in [-0.3, -0.25) is 9.59 Å². The third-order valence-corrected chi connectivity index (χ3v) is 2.34. The SMILES string of the molecule is CCOC(=O)Cc1c[nH]c(C(F)(F)F)c(C(F)F)c1=O. The van der Waals surface area contributed by atoms with Gasteiger partial charge in [-0.2, -0.15) is 13.2 Å². The first-order chi connectivity index (χ1) is 9.18. The maximum absolute atomic E-state index is 12.6. The molecule has 1 rings (SSSR count). The molecule has 0 bridgehead atoms. The van der Waals surface area contributed by atoms with Crippen LogP contribution in [0.3, 0.4) is 0 Å². The van der Waals surface area contributed by atoms with E-state index in [0.717, 1.165) is 0 Å². The van der Waals surface area contributed by atoms with Crippen molar-refractivity contribution in [1.29, 1.82) is 0 Å². The number of hydrogen-bond acceptors (Lipinski definition) is 3. The van der Waals surface area contributed by atoms with Crippen molar-refractivity contribution in [2.24, 2.45) is 0 Å². The Bertz CT molecular complexity index is 550. The highest BCUT2D eigenvalue weighted by Gasteiger charge is 2.38. The number of pyridine rings is 1. The lowest BCUT2D eigenvalue weighted by molar-refractivity contribution is -0.143. The van der Waals surface area contributed by atoms with E-state index in [1.165, 1.54) is 6.92 Å². The van der Waals surface area contributed by atoms with Gasteiger partial charge in [0.05, 0.1) is 18.6 Å². The molecule has 0 aliphatic rings. The smallest absolute Gasteiger partial charge is 0.431 e. The van der Waals surface area contributed by atoms with Crippen LogP contribution in [0.25, 0.3) is 0 Å². The average molecular weight is 299 g/mol. The molecule has 1 heterocycles. The Kier molecular flexibility index (Phi) is 4.85. The molecule has 0 spiro atoms. The van der Waals surface area contributed by atoms with Crippen LogP contribution in [0.4, 0.5) is 22.0 Å². The molecule has 0 amide bonds. The Balaban J connectivity index is 3.30. The third-order valence-electron chi connectivity index (χ3n) is 2.34. The minimum absolute atomic E-state index is 0.000916. The molecular formula is C11H10F5NO3. The van der Waals surface area contributed by atoms with Gasteiger partial charge in [0.1, 0.15) is 5.69 Å². The summed E-state index contributed by atoms with van der Waals surface area (Å²) in [6, 6.07) is 0. The topological polar surface area (TPSA) is 59.2 Å². The van der Waals surface area contributed by atoms with Crippen molar-refractivity contribution in [1.82, 2.24) is 4.98 Å². The lowest BCUT2D eigenvalue weighted by Gasteiger charge is -2.13. The standard InChI is InChI=1S/C11H10F5NO3/c1-2-20-6(18)3-5-4-17-9(11(14,15)16)7(8(5)19)10(12)13/h4,10H,2-3H2,1H3,(H,17,19). The van der Waals surface area contributed by atoms with Gasteiger partial charge < -0.3 is 9.72 Å². The minimum atomic E-state index is -5.12. The summed E-state index contributed by atoms with van der Waals surface area (Å²) in [6.45, 7) is 1.48. The van der Waals surface area contributed by atoms with Crippen molar-refractivity contribution in [3.8, 4) is 0 Å². The zero-order valence-corrected chi connectivity index (χ0v) is 10.2. The maximum atomic E-state index is 12.6. The molecule has 1 aromatic heterocycles. The average Bonchev–Trinajstić information content (AvgIpc) is 2.29. The first-order valence-electron chi connectivity index (χ1n) is 5.43. The van der Waals surface area contributed by atoms with E-state index in [1.807, 2.05) is 0 Å². The number of aromatic amines is 1. The van der Waals surface area contributed by atoms with Gasteiger partial charge in [-0.25, -0.2) is 8.78 Å². The Morgan fingerprint density at radius 1 is 1.40 bits per heavy atom. The summed E-state index contributed by atoms with van der Waals surface area (Å²) >= 11 is 0. The van der Waals surface area contributed by atoms with E-state index in [-0.39, 0.29) is 6.61 Å². The highest BCUT2D eigenvalue weighted by Crippen LogP contribution is 2.33. The predicted octanol–water partition coefficient (Wildman–Crippen LogP) is 2.44. The first-order valence-corrected chi connectivity index (χ1v) is 5.43. The summed E-state index contributed by atoms with van der Waals surface area (Å²) in [6.07, 6.45) is -8.82. The first kappa shape index (κ1) is 16.1. The molecule has 0 saturated carbocycles. The van der Waals surface area contributed by atoms with Crippen LogP contribution < -0.4 is 5.43 Å². The summed E-state index contributed by atoms with van der Waals surface area (Å²) in [4.78, 5) is 24.4. The Morgan fingerprint density at radius 2 is 2.00 bits per heavy atom. The second-order valence-corrected chi connectivity index (χ2v) is 3.71. The van der Waals surface area contributed by atoms with Crippen LogP contribution in [0, 0.1) is 0 Å². The summed E-state index contributed by atoms with van der Waals surface area (Å²) in [7, 11) is 0. The van der Waals surface area contributed by atoms with E-state index < -0.39 is 47.2 Å². The van der Waals surface area contributed by atoms with Crippen molar-refractivity contribution < 1.29 is 31.5 Å². The molecule has 0 aliphatic carbocycles. The summed E-state index contributed by atoms with van der Waals surface area (Å²) < 4.78 is 67.3. The van der Waals surface area contributed by atoms with Crippen molar-refractivity contribution >= 4 is 5.97 Å².